The van der Waals surface area contributed by atoms with E-state index in [9.17, 15) is 4.79 Å². The van der Waals surface area contributed by atoms with Crippen molar-refractivity contribution in [1.29, 1.82) is 0 Å². The first-order valence-electron chi connectivity index (χ1n) is 5.90. The van der Waals surface area contributed by atoms with Crippen LogP contribution in [0.15, 0.2) is 18.2 Å². The van der Waals surface area contributed by atoms with E-state index in [2.05, 4.69) is 19.2 Å². The Morgan fingerprint density at radius 2 is 2.06 bits per heavy atom. The van der Waals surface area contributed by atoms with Crippen LogP contribution in [0.2, 0.25) is 10.0 Å². The molecule has 18 heavy (non-hydrogen) atoms. The lowest BCUT2D eigenvalue weighted by Gasteiger charge is -2.19. The standard InChI is InChI=1S/C13H18Cl2N2O/c1-8(2)5-10(7-16)17-13(18)11-4-3-9(14)6-12(11)15/h3-4,6,8,10H,5,7,16H2,1-2H3,(H,17,18). The predicted molar refractivity (Wildman–Crippen MR) is 76.2 cm³/mol. The summed E-state index contributed by atoms with van der Waals surface area (Å²) < 4.78 is 0. The zero-order valence-corrected chi connectivity index (χ0v) is 12.1. The molecular weight excluding hydrogens is 271 g/mol. The van der Waals surface area contributed by atoms with Crippen LogP contribution >= 0.6 is 23.2 Å². The van der Waals surface area contributed by atoms with Crippen LogP contribution in [0.1, 0.15) is 30.6 Å². The maximum atomic E-state index is 12.0. The van der Waals surface area contributed by atoms with Crippen LogP contribution in [0.5, 0.6) is 0 Å². The van der Waals surface area contributed by atoms with Crippen molar-refractivity contribution in [3.05, 3.63) is 33.8 Å². The molecule has 0 saturated heterocycles. The first kappa shape index (κ1) is 15.3. The van der Waals surface area contributed by atoms with Crippen LogP contribution in [-0.4, -0.2) is 18.5 Å². The van der Waals surface area contributed by atoms with Gasteiger partial charge in [-0.25, -0.2) is 0 Å². The molecule has 3 nitrogen and oxygen atoms in total. The summed E-state index contributed by atoms with van der Waals surface area (Å²) in [6, 6.07) is 4.77. The molecule has 0 radical (unpaired) electrons. The fraction of sp³-hybridized carbons (Fsp3) is 0.462. The number of carbonyl (C=O) groups excluding carboxylic acids is 1. The lowest BCUT2D eigenvalue weighted by Crippen LogP contribution is -2.41. The van der Waals surface area contributed by atoms with Gasteiger partial charge in [-0.2, -0.15) is 0 Å². The first-order chi connectivity index (χ1) is 8.43. The van der Waals surface area contributed by atoms with Crippen molar-refractivity contribution in [3.8, 4) is 0 Å². The highest BCUT2D eigenvalue weighted by Gasteiger charge is 2.16. The Bertz CT molecular complexity index is 421. The lowest BCUT2D eigenvalue weighted by atomic mass is 10.0. The van der Waals surface area contributed by atoms with Crippen molar-refractivity contribution in [2.24, 2.45) is 11.7 Å². The SMILES string of the molecule is CC(C)CC(CN)NC(=O)c1ccc(Cl)cc1Cl. The van der Waals surface area contributed by atoms with Crippen molar-refractivity contribution in [3.63, 3.8) is 0 Å². The van der Waals surface area contributed by atoms with Gasteiger partial charge in [0.15, 0.2) is 0 Å². The van der Waals surface area contributed by atoms with E-state index in [1.807, 2.05) is 0 Å². The second kappa shape index (κ2) is 6.98. The molecule has 0 aromatic heterocycles. The number of hydrogen-bond donors (Lipinski definition) is 2. The molecule has 0 aliphatic heterocycles. The van der Waals surface area contributed by atoms with Crippen molar-refractivity contribution in [2.45, 2.75) is 26.3 Å². The molecule has 3 N–H and O–H groups in total. The summed E-state index contributed by atoms with van der Waals surface area (Å²) in [6.07, 6.45) is 0.841. The van der Waals surface area contributed by atoms with Gasteiger partial charge >= 0.3 is 0 Å². The highest BCUT2D eigenvalue weighted by Crippen LogP contribution is 2.21. The zero-order chi connectivity index (χ0) is 13.7. The van der Waals surface area contributed by atoms with Crippen LogP contribution in [-0.2, 0) is 0 Å². The summed E-state index contributed by atoms with van der Waals surface area (Å²) in [7, 11) is 0. The van der Waals surface area contributed by atoms with Gasteiger partial charge in [-0.1, -0.05) is 37.0 Å². The van der Waals surface area contributed by atoms with E-state index in [-0.39, 0.29) is 11.9 Å². The number of amides is 1. The quantitative estimate of drug-likeness (QED) is 0.875. The van der Waals surface area contributed by atoms with Crippen LogP contribution in [0.3, 0.4) is 0 Å². The first-order valence-corrected chi connectivity index (χ1v) is 6.65. The Balaban J connectivity index is 2.74. The van der Waals surface area contributed by atoms with E-state index < -0.39 is 0 Å². The highest BCUT2D eigenvalue weighted by atomic mass is 35.5. The Morgan fingerprint density at radius 1 is 1.39 bits per heavy atom. The summed E-state index contributed by atoms with van der Waals surface area (Å²) in [5, 5.41) is 3.74. The summed E-state index contributed by atoms with van der Waals surface area (Å²) in [4.78, 5) is 12.0. The molecule has 1 atom stereocenters. The molecule has 0 saturated carbocycles. The molecule has 5 heteroatoms. The molecule has 1 aromatic rings. The lowest BCUT2D eigenvalue weighted by molar-refractivity contribution is 0.0934. The van der Waals surface area contributed by atoms with E-state index >= 15 is 0 Å². The number of rotatable bonds is 5. The molecule has 1 amide bonds. The molecule has 1 aromatic carbocycles. The largest absolute Gasteiger partial charge is 0.348 e. The van der Waals surface area contributed by atoms with Gasteiger partial charge in [0, 0.05) is 17.6 Å². The Morgan fingerprint density at radius 3 is 2.56 bits per heavy atom. The van der Waals surface area contributed by atoms with Crippen LogP contribution in [0.25, 0.3) is 0 Å². The second-order valence-electron chi connectivity index (χ2n) is 4.66. The van der Waals surface area contributed by atoms with Crippen molar-refractivity contribution in [1.82, 2.24) is 5.32 Å². The van der Waals surface area contributed by atoms with E-state index in [0.717, 1.165) is 6.42 Å². The molecule has 1 unspecified atom stereocenters. The van der Waals surface area contributed by atoms with Gasteiger partial charge in [-0.15, -0.1) is 0 Å². The molecule has 0 aliphatic carbocycles. The fourth-order valence-electron chi connectivity index (χ4n) is 1.72. The predicted octanol–water partition coefficient (Wildman–Crippen LogP) is 3.10. The Hall–Kier alpha value is -0.770. The number of nitrogens with two attached hydrogens (primary N) is 1. The summed E-state index contributed by atoms with van der Waals surface area (Å²) in [5.74, 6) is 0.257. The Kier molecular flexibility index (Phi) is 5.93. The van der Waals surface area contributed by atoms with E-state index in [4.69, 9.17) is 28.9 Å². The van der Waals surface area contributed by atoms with Crippen LogP contribution < -0.4 is 11.1 Å². The number of nitrogens with one attached hydrogen (secondary N) is 1. The Labute approximate surface area is 118 Å². The van der Waals surface area contributed by atoms with Crippen LogP contribution in [0, 0.1) is 5.92 Å². The molecule has 0 fully saturated rings. The number of carbonyl (C=O) groups is 1. The third kappa shape index (κ3) is 4.48. The minimum Gasteiger partial charge on any atom is -0.348 e. The minimum atomic E-state index is -0.215. The number of benzene rings is 1. The molecular formula is C13H18Cl2N2O. The third-order valence-corrected chi connectivity index (χ3v) is 3.10. The smallest absolute Gasteiger partial charge is 0.253 e. The number of hydrogen-bond acceptors (Lipinski definition) is 2. The molecule has 0 bridgehead atoms. The van der Waals surface area contributed by atoms with E-state index in [1.54, 1.807) is 18.2 Å². The summed E-state index contributed by atoms with van der Waals surface area (Å²) in [5.41, 5.74) is 6.06. The molecule has 100 valence electrons. The summed E-state index contributed by atoms with van der Waals surface area (Å²) in [6.45, 7) is 4.59. The fourth-order valence-corrected chi connectivity index (χ4v) is 2.21. The highest BCUT2D eigenvalue weighted by molar-refractivity contribution is 6.36. The number of halogens is 2. The van der Waals surface area contributed by atoms with E-state index in [1.165, 1.54) is 0 Å². The van der Waals surface area contributed by atoms with Crippen molar-refractivity contribution < 1.29 is 4.79 Å². The summed E-state index contributed by atoms with van der Waals surface area (Å²) >= 11 is 11.8. The van der Waals surface area contributed by atoms with Gasteiger partial charge in [0.1, 0.15) is 0 Å². The van der Waals surface area contributed by atoms with Gasteiger partial charge in [0.2, 0.25) is 0 Å². The van der Waals surface area contributed by atoms with Gasteiger partial charge in [0.25, 0.3) is 5.91 Å². The van der Waals surface area contributed by atoms with Crippen molar-refractivity contribution in [2.75, 3.05) is 6.54 Å². The second-order valence-corrected chi connectivity index (χ2v) is 5.50. The normalized spacial score (nSPS) is 12.6. The van der Waals surface area contributed by atoms with Gasteiger partial charge in [-0.05, 0) is 30.5 Å². The average Bonchev–Trinajstić information content (AvgIpc) is 2.27. The minimum absolute atomic E-state index is 0.0377. The maximum absolute atomic E-state index is 12.0. The third-order valence-electron chi connectivity index (χ3n) is 2.55. The average molecular weight is 289 g/mol. The molecule has 0 spiro atoms. The van der Waals surface area contributed by atoms with Crippen molar-refractivity contribution >= 4 is 29.1 Å². The monoisotopic (exact) mass is 288 g/mol. The van der Waals surface area contributed by atoms with E-state index in [0.29, 0.717) is 28.1 Å². The van der Waals surface area contributed by atoms with Gasteiger partial charge < -0.3 is 11.1 Å². The van der Waals surface area contributed by atoms with Gasteiger partial charge in [0.05, 0.1) is 10.6 Å². The zero-order valence-electron chi connectivity index (χ0n) is 10.5. The maximum Gasteiger partial charge on any atom is 0.253 e. The topological polar surface area (TPSA) is 55.1 Å². The molecule has 0 heterocycles. The molecule has 1 rings (SSSR count). The van der Waals surface area contributed by atoms with Gasteiger partial charge in [-0.3, -0.25) is 4.79 Å². The van der Waals surface area contributed by atoms with Crippen LogP contribution in [0.4, 0.5) is 0 Å². The molecule has 0 aliphatic rings.